The molecular weight excluding hydrogens is 1130 g/mol. The van der Waals surface area contributed by atoms with E-state index in [9.17, 15) is 19.2 Å². The van der Waals surface area contributed by atoms with E-state index in [4.69, 9.17) is 47.1 Å². The number of likely N-dealkylation sites (tertiary alicyclic amines) is 1. The molecule has 4 atom stereocenters. The summed E-state index contributed by atoms with van der Waals surface area (Å²) in [4.78, 5) is 80.4. The first kappa shape index (κ1) is 58.4. The Balaban J connectivity index is 0.746. The number of amides is 4. The molecular formula is C61H69Cl2N11O9S. The highest BCUT2D eigenvalue weighted by atomic mass is 35.5. The zero-order chi connectivity index (χ0) is 59.2. The van der Waals surface area contributed by atoms with E-state index in [0.717, 1.165) is 69.1 Å². The minimum absolute atomic E-state index is 0.0197. The van der Waals surface area contributed by atoms with E-state index in [0.29, 0.717) is 94.7 Å². The van der Waals surface area contributed by atoms with Gasteiger partial charge in [0.2, 0.25) is 23.6 Å². The first-order valence-electron chi connectivity index (χ1n) is 28.6. The Kier molecular flexibility index (Phi) is 16.7. The molecule has 3 fully saturated rings. The number of aryl methyl sites for hydroxylation is 2. The van der Waals surface area contributed by atoms with Crippen LogP contribution in [0.1, 0.15) is 132 Å². The molecule has 4 amide bonds. The standard InChI is InChI=1S/C61H69Cl2N11O9S/c1-34-36(3)84-58-53(34)55(38-11-14-40(62)15-12-38)66-45(56-69-67-37(4)74(56)58)27-50(75)65-29-51(76)64-23-25-73-35(2)46(68-70-73)32-82-48-18-17-44(63)42-19-24-72(47(54(42)48)30-71-33-61(21-22-61)28-52(71)77)57(78)43-10-8-9-20-60(43,5)59(79)83-31-39-13-16-41(80-6)26-49(39)81-7/h11-18,26,43,45,47H,8-10,19-25,27-33H2,1-7H3,(H,64,76)(H,65,75)/t43-,45-,47+,60-/m0/s1. The molecule has 6 heterocycles. The molecule has 0 radical (unpaired) electrons. The Labute approximate surface area is 501 Å². The Hall–Kier alpha value is -7.36. The lowest BCUT2D eigenvalue weighted by Gasteiger charge is -2.45. The molecule has 3 aliphatic heterocycles. The number of nitrogens with one attached hydrogen (secondary N) is 2. The van der Waals surface area contributed by atoms with Crippen molar-refractivity contribution in [2.45, 2.75) is 124 Å². The van der Waals surface area contributed by atoms with Crippen LogP contribution in [0, 0.1) is 44.4 Å². The fourth-order valence-corrected chi connectivity index (χ4v) is 14.1. The Bertz CT molecular complexity index is 3590. The number of aromatic nitrogens is 6. The van der Waals surface area contributed by atoms with Crippen LogP contribution in [0.15, 0.2) is 59.6 Å². The molecule has 3 aromatic carbocycles. The van der Waals surface area contributed by atoms with Gasteiger partial charge in [0.15, 0.2) is 5.82 Å². The summed E-state index contributed by atoms with van der Waals surface area (Å²) in [6.45, 7) is 11.1. The third-order valence-corrected chi connectivity index (χ3v) is 19.5. The number of aliphatic imine (C=N–C) groups is 1. The van der Waals surface area contributed by atoms with Gasteiger partial charge in [0, 0.05) is 75.8 Å². The lowest BCUT2D eigenvalue weighted by Crippen LogP contribution is -2.53. The highest BCUT2D eigenvalue weighted by molar-refractivity contribution is 7.15. The lowest BCUT2D eigenvalue weighted by molar-refractivity contribution is -0.169. The van der Waals surface area contributed by atoms with Crippen LogP contribution < -0.4 is 24.8 Å². The van der Waals surface area contributed by atoms with E-state index in [2.05, 4.69) is 45.0 Å². The van der Waals surface area contributed by atoms with Crippen LogP contribution in [-0.2, 0) is 54.9 Å². The van der Waals surface area contributed by atoms with Gasteiger partial charge < -0.3 is 39.4 Å². The Morgan fingerprint density at radius 2 is 1.68 bits per heavy atom. The summed E-state index contributed by atoms with van der Waals surface area (Å²) in [5.74, 6) is 0.819. The maximum atomic E-state index is 15.4. The first-order chi connectivity index (χ1) is 40.4. The Morgan fingerprint density at radius 3 is 2.43 bits per heavy atom. The number of rotatable bonds is 19. The maximum absolute atomic E-state index is 15.4. The minimum atomic E-state index is -1.12. The van der Waals surface area contributed by atoms with Crippen molar-refractivity contribution in [3.05, 3.63) is 126 Å². The third kappa shape index (κ3) is 11.5. The molecule has 1 spiro atoms. The van der Waals surface area contributed by atoms with E-state index in [1.54, 1.807) is 60.6 Å². The monoisotopic (exact) mass is 1200 g/mol. The van der Waals surface area contributed by atoms with E-state index < -0.39 is 29.4 Å². The van der Waals surface area contributed by atoms with Crippen LogP contribution in [0.5, 0.6) is 17.2 Å². The van der Waals surface area contributed by atoms with E-state index in [-0.39, 0.29) is 74.9 Å². The van der Waals surface area contributed by atoms with Crippen LogP contribution in [0.2, 0.25) is 10.0 Å². The predicted molar refractivity (Wildman–Crippen MR) is 315 cm³/mol. The highest BCUT2D eigenvalue weighted by Gasteiger charge is 2.54. The van der Waals surface area contributed by atoms with Crippen LogP contribution >= 0.6 is 34.5 Å². The zero-order valence-corrected chi connectivity index (χ0v) is 50.6. The Morgan fingerprint density at radius 1 is 0.881 bits per heavy atom. The number of esters is 1. The molecule has 2 N–H and O–H groups in total. The van der Waals surface area contributed by atoms with Gasteiger partial charge in [-0.2, -0.15) is 0 Å². The molecule has 20 nitrogen and oxygen atoms in total. The van der Waals surface area contributed by atoms with Gasteiger partial charge in [-0.1, -0.05) is 53.4 Å². The number of thiophene rings is 1. The van der Waals surface area contributed by atoms with Crippen molar-refractivity contribution < 1.29 is 42.9 Å². The molecule has 11 rings (SSSR count). The number of hydrogen-bond acceptors (Lipinski definition) is 15. The SMILES string of the molecule is COc1ccc(COC(=O)[C@@]2(C)CCCC[C@H]2C(=O)N2CCc3c(Cl)ccc(OCc4nnn(CCNC(=O)CNC(=O)C[C@@H]5N=C(c6ccc(Cl)cc6)c6c(sc(C)c6C)-n6c(C)nnc65)c4C)c3[C@H]2CN2CC3(CC3)CC2=O)c(OC)c1. The van der Waals surface area contributed by atoms with Crippen LogP contribution in [-0.4, -0.2) is 122 Å². The largest absolute Gasteiger partial charge is 0.497 e. The maximum Gasteiger partial charge on any atom is 0.312 e. The number of benzene rings is 3. The molecule has 0 bridgehead atoms. The van der Waals surface area contributed by atoms with Crippen molar-refractivity contribution >= 4 is 69.8 Å². The smallest absolute Gasteiger partial charge is 0.312 e. The van der Waals surface area contributed by atoms with Crippen molar-refractivity contribution in [2.75, 3.05) is 46.9 Å². The fourth-order valence-electron chi connectivity index (χ4n) is 12.5. The molecule has 442 valence electrons. The topological polar surface area (TPSA) is 227 Å². The molecule has 0 unspecified atom stereocenters. The first-order valence-corrected chi connectivity index (χ1v) is 30.2. The van der Waals surface area contributed by atoms with Crippen molar-refractivity contribution in [3.8, 4) is 22.2 Å². The highest BCUT2D eigenvalue weighted by Crippen LogP contribution is 2.54. The van der Waals surface area contributed by atoms with Crippen molar-refractivity contribution in [3.63, 3.8) is 0 Å². The molecule has 6 aromatic rings. The molecule has 3 aromatic heterocycles. The summed E-state index contributed by atoms with van der Waals surface area (Å²) in [6, 6.07) is 15.1. The number of nitrogens with zero attached hydrogens (tertiary/aromatic N) is 9. The average Bonchev–Trinajstić information content (AvgIpc) is 1.78. The van der Waals surface area contributed by atoms with Crippen molar-refractivity contribution in [1.82, 2.24) is 50.2 Å². The van der Waals surface area contributed by atoms with Gasteiger partial charge in [-0.05, 0) is 120 Å². The number of carbonyl (C=O) groups excluding carboxylic acids is 5. The fraction of sp³-hybridized carbons (Fsp3) is 0.475. The zero-order valence-electron chi connectivity index (χ0n) is 48.3. The lowest BCUT2D eigenvalue weighted by atomic mass is 9.66. The summed E-state index contributed by atoms with van der Waals surface area (Å²) in [5.41, 5.74) is 5.97. The predicted octanol–water partition coefficient (Wildman–Crippen LogP) is 8.65. The number of methoxy groups -OCH3 is 2. The second-order valence-corrected chi connectivity index (χ2v) is 25.1. The van der Waals surface area contributed by atoms with Crippen molar-refractivity contribution in [1.29, 1.82) is 0 Å². The minimum Gasteiger partial charge on any atom is -0.497 e. The summed E-state index contributed by atoms with van der Waals surface area (Å²) in [6.07, 6.45) is 5.33. The van der Waals surface area contributed by atoms with Gasteiger partial charge in [0.05, 0.1) is 62.5 Å². The molecule has 84 heavy (non-hydrogen) atoms. The number of hydrogen-bond donors (Lipinski definition) is 2. The number of halogens is 2. The van der Waals surface area contributed by atoms with Gasteiger partial charge in [-0.3, -0.25) is 33.5 Å². The van der Waals surface area contributed by atoms with Crippen LogP contribution in [0.3, 0.4) is 0 Å². The van der Waals surface area contributed by atoms with E-state index >= 15 is 4.79 Å². The van der Waals surface area contributed by atoms with Gasteiger partial charge in [-0.15, -0.1) is 26.6 Å². The van der Waals surface area contributed by atoms with E-state index in [1.807, 2.05) is 59.4 Å². The average molecular weight is 1200 g/mol. The molecule has 2 saturated carbocycles. The number of carbonyl (C=O) groups is 5. The molecule has 2 aliphatic carbocycles. The summed E-state index contributed by atoms with van der Waals surface area (Å²) in [7, 11) is 3.12. The summed E-state index contributed by atoms with van der Waals surface area (Å²) < 4.78 is 27.3. The summed E-state index contributed by atoms with van der Waals surface area (Å²) in [5, 5.41) is 25.4. The second kappa shape index (κ2) is 24.0. The molecule has 5 aliphatic rings. The third-order valence-electron chi connectivity index (χ3n) is 17.7. The van der Waals surface area contributed by atoms with Gasteiger partial charge in [0.25, 0.3) is 0 Å². The van der Waals surface area contributed by atoms with Gasteiger partial charge in [0.1, 0.15) is 53.0 Å². The normalized spacial score (nSPS) is 20.3. The van der Waals surface area contributed by atoms with E-state index in [1.165, 1.54) is 0 Å². The summed E-state index contributed by atoms with van der Waals surface area (Å²) >= 11 is 14.9. The van der Waals surface area contributed by atoms with Crippen molar-refractivity contribution in [2.24, 2.45) is 21.7 Å². The van der Waals surface area contributed by atoms with Crippen LogP contribution in [0.25, 0.3) is 5.00 Å². The number of fused-ring (bicyclic) bond motifs is 4. The molecule has 23 heteroatoms. The van der Waals surface area contributed by atoms with Gasteiger partial charge >= 0.3 is 5.97 Å². The molecule has 1 saturated heterocycles. The number of ether oxygens (including phenoxy) is 4. The van der Waals surface area contributed by atoms with Gasteiger partial charge in [-0.25, -0.2) is 4.68 Å². The van der Waals surface area contributed by atoms with Crippen LogP contribution in [0.4, 0.5) is 0 Å². The quantitative estimate of drug-likeness (QED) is 0.0725. The second-order valence-electron chi connectivity index (χ2n) is 23.0.